The standard InChI is InChI=1S/C37H34N8O17S3/c1-20-8-28(31(57-2)14-27(20)41-39-23-10-21(16-61-18-46)9-22(11-23)17-62-19-47)42-43-29-15-32(64(53,54)59-4)25-13-33(65(55,56)60-5)36(37(48)34(25)35(29)38)44-40-26-7-6-24(63(51,52)58-3)12-30(26)45(49)50/h6-15,18-19,48H,16-17,38H2,1-5H3. The van der Waals surface area contributed by atoms with Gasteiger partial charge in [-0.2, -0.15) is 35.5 Å². The van der Waals surface area contributed by atoms with E-state index >= 15 is 0 Å². The first-order valence-corrected chi connectivity index (χ1v) is 22.0. The number of hydrogen-bond acceptors (Lipinski definition) is 24. The van der Waals surface area contributed by atoms with Crippen molar-refractivity contribution in [1.29, 1.82) is 0 Å². The number of anilines is 1. The number of aryl methyl sites for hydroxylation is 1. The highest BCUT2D eigenvalue weighted by molar-refractivity contribution is 7.87. The molecule has 0 spiro atoms. The summed E-state index contributed by atoms with van der Waals surface area (Å²) < 4.78 is 106. The van der Waals surface area contributed by atoms with Gasteiger partial charge in [-0.15, -0.1) is 20.5 Å². The fourth-order valence-electron chi connectivity index (χ4n) is 5.81. The summed E-state index contributed by atoms with van der Waals surface area (Å²) in [6.45, 7) is 2.00. The number of aromatic hydroxyl groups is 1. The first-order valence-electron chi connectivity index (χ1n) is 17.7. The molecule has 0 aliphatic rings. The average Bonchev–Trinajstić information content (AvgIpc) is 3.28. The summed E-state index contributed by atoms with van der Waals surface area (Å²) in [5.74, 6) is -1.05. The maximum atomic E-state index is 13.4. The molecule has 3 N–H and O–H groups in total. The fraction of sp³-hybridized carbons (Fsp3) is 0.189. The molecule has 0 heterocycles. The second-order valence-electron chi connectivity index (χ2n) is 12.8. The van der Waals surface area contributed by atoms with Crippen molar-refractivity contribution in [1.82, 2.24) is 0 Å². The molecule has 342 valence electrons. The van der Waals surface area contributed by atoms with Crippen LogP contribution in [0.3, 0.4) is 0 Å². The van der Waals surface area contributed by atoms with Crippen molar-refractivity contribution in [2.24, 2.45) is 30.7 Å². The van der Waals surface area contributed by atoms with Crippen LogP contribution in [0.5, 0.6) is 11.5 Å². The first-order chi connectivity index (χ1) is 30.7. The number of fused-ring (bicyclic) bond motifs is 1. The van der Waals surface area contributed by atoms with Gasteiger partial charge in [-0.25, -0.2) is 0 Å². The van der Waals surface area contributed by atoms with Crippen LogP contribution in [0.2, 0.25) is 0 Å². The zero-order valence-corrected chi connectivity index (χ0v) is 36.7. The molecule has 0 aliphatic carbocycles. The van der Waals surface area contributed by atoms with E-state index in [0.29, 0.717) is 28.4 Å². The number of nitrogen functional groups attached to an aromatic ring is 1. The fourth-order valence-corrected chi connectivity index (χ4v) is 8.18. The number of nitro groups is 1. The van der Waals surface area contributed by atoms with E-state index in [4.69, 9.17) is 24.1 Å². The highest BCUT2D eigenvalue weighted by Gasteiger charge is 2.31. The molecule has 5 aromatic carbocycles. The van der Waals surface area contributed by atoms with Crippen molar-refractivity contribution in [3.63, 3.8) is 0 Å². The summed E-state index contributed by atoms with van der Waals surface area (Å²) in [7, 11) is -10.4. The van der Waals surface area contributed by atoms with E-state index in [9.17, 15) is 50.1 Å². The van der Waals surface area contributed by atoms with E-state index < -0.39 is 94.9 Å². The Balaban J connectivity index is 1.67. The van der Waals surface area contributed by atoms with Crippen molar-refractivity contribution >= 4 is 99.6 Å². The Morgan fingerprint density at radius 2 is 1.25 bits per heavy atom. The summed E-state index contributed by atoms with van der Waals surface area (Å²) >= 11 is 0. The van der Waals surface area contributed by atoms with E-state index in [0.717, 1.165) is 45.6 Å². The lowest BCUT2D eigenvalue weighted by atomic mass is 10.0. The Kier molecular flexibility index (Phi) is 15.0. The van der Waals surface area contributed by atoms with Crippen LogP contribution in [0.15, 0.2) is 106 Å². The van der Waals surface area contributed by atoms with Gasteiger partial charge in [0.05, 0.1) is 55.8 Å². The lowest BCUT2D eigenvalue weighted by molar-refractivity contribution is -0.384. The molecular weight excluding hydrogens is 925 g/mol. The lowest BCUT2D eigenvalue weighted by Crippen LogP contribution is -2.07. The normalized spacial score (nSPS) is 12.3. The van der Waals surface area contributed by atoms with Crippen LogP contribution in [0.1, 0.15) is 16.7 Å². The number of azo groups is 3. The predicted octanol–water partition coefficient (Wildman–Crippen LogP) is 6.95. The molecule has 25 nitrogen and oxygen atoms in total. The van der Waals surface area contributed by atoms with Gasteiger partial charge in [0.2, 0.25) is 0 Å². The van der Waals surface area contributed by atoms with Crippen LogP contribution in [-0.2, 0) is 75.2 Å². The number of phenols is 1. The Bertz CT molecular complexity index is 3130. The van der Waals surface area contributed by atoms with Crippen molar-refractivity contribution in [3.8, 4) is 11.5 Å². The van der Waals surface area contributed by atoms with Gasteiger partial charge >= 0.3 is 0 Å². The second kappa shape index (κ2) is 20.0. The molecule has 0 fully saturated rings. The molecule has 65 heavy (non-hydrogen) atoms. The third-order valence-electron chi connectivity index (χ3n) is 8.91. The Morgan fingerprint density at radius 1 is 0.677 bits per heavy atom. The van der Waals surface area contributed by atoms with Gasteiger partial charge in [-0.3, -0.25) is 32.3 Å². The van der Waals surface area contributed by atoms with Crippen LogP contribution >= 0.6 is 0 Å². The molecule has 0 bridgehead atoms. The van der Waals surface area contributed by atoms with Gasteiger partial charge in [0.1, 0.15) is 50.7 Å². The highest BCUT2D eigenvalue weighted by atomic mass is 32.2. The molecule has 0 radical (unpaired) electrons. The van der Waals surface area contributed by atoms with Crippen LogP contribution in [0.4, 0.5) is 45.5 Å². The van der Waals surface area contributed by atoms with Crippen LogP contribution < -0.4 is 10.5 Å². The summed E-state index contributed by atoms with van der Waals surface area (Å²) in [4.78, 5) is 30.0. The van der Waals surface area contributed by atoms with E-state index in [1.807, 2.05) is 0 Å². The molecule has 0 unspecified atom stereocenters. The zero-order valence-electron chi connectivity index (χ0n) is 34.3. The predicted molar refractivity (Wildman–Crippen MR) is 224 cm³/mol. The minimum Gasteiger partial charge on any atom is -0.505 e. The molecule has 0 aliphatic heterocycles. The third-order valence-corrected chi connectivity index (χ3v) is 12.8. The Hall–Kier alpha value is -7.37. The third kappa shape index (κ3) is 10.7. The number of benzene rings is 5. The number of nitrogens with two attached hydrogens (primary N) is 1. The molecule has 28 heteroatoms. The SMILES string of the molecule is COc1cc(N=Nc2cc(COC=O)cc(COC=O)c2)c(C)cc1N=Nc1cc(S(=O)(=O)OC)c2cc(S(=O)(=O)OC)c(N=Nc3ccc(S(=O)(=O)OC)cc3[N+](=O)[O-])c(O)c2c1N. The first kappa shape index (κ1) is 48.7. The summed E-state index contributed by atoms with van der Waals surface area (Å²) in [5.41, 5.74) is 5.24. The number of rotatable bonds is 20. The second-order valence-corrected chi connectivity index (χ2v) is 17.9. The van der Waals surface area contributed by atoms with Crippen LogP contribution in [-0.4, -0.2) is 76.7 Å². The van der Waals surface area contributed by atoms with Crippen molar-refractivity contribution in [2.75, 3.05) is 34.2 Å². The Labute approximate surface area is 368 Å². The highest BCUT2D eigenvalue weighted by Crippen LogP contribution is 2.49. The Morgan fingerprint density at radius 3 is 1.82 bits per heavy atom. The van der Waals surface area contributed by atoms with E-state index in [2.05, 4.69) is 39.1 Å². The number of nitrogens with zero attached hydrogens (tertiary/aromatic N) is 7. The quantitative estimate of drug-likeness (QED) is 0.0199. The monoisotopic (exact) mass is 958 g/mol. The molecule has 0 amide bonds. The maximum absolute atomic E-state index is 13.4. The average molecular weight is 959 g/mol. The molecule has 0 saturated carbocycles. The minimum atomic E-state index is -4.91. The molecule has 5 aromatic rings. The van der Waals surface area contributed by atoms with Gasteiger partial charge in [0.15, 0.2) is 11.4 Å². The number of carbonyl (C=O) groups excluding carboxylic acids is 2. The van der Waals surface area contributed by atoms with Crippen molar-refractivity contribution < 1.29 is 71.6 Å². The van der Waals surface area contributed by atoms with Crippen LogP contribution in [0, 0.1) is 17.0 Å². The van der Waals surface area contributed by atoms with Gasteiger partial charge in [-0.05, 0) is 72.1 Å². The zero-order chi connectivity index (χ0) is 47.9. The van der Waals surface area contributed by atoms with Gasteiger partial charge < -0.3 is 25.1 Å². The number of methoxy groups -OCH3 is 1. The number of ether oxygens (including phenoxy) is 3. The summed E-state index contributed by atoms with van der Waals surface area (Å²) in [6, 6.07) is 11.7. The van der Waals surface area contributed by atoms with E-state index in [1.165, 1.54) is 19.2 Å². The minimum absolute atomic E-state index is 0.0482. The lowest BCUT2D eigenvalue weighted by Gasteiger charge is -2.16. The van der Waals surface area contributed by atoms with Gasteiger partial charge in [-0.1, -0.05) is 0 Å². The molecular formula is C37H34N8O17S3. The van der Waals surface area contributed by atoms with Crippen molar-refractivity contribution in [3.05, 3.63) is 87.5 Å². The summed E-state index contributed by atoms with van der Waals surface area (Å²) in [6.07, 6.45) is 0. The number of carbonyl (C=O) groups is 2. The van der Waals surface area contributed by atoms with E-state index in [1.54, 1.807) is 25.1 Å². The van der Waals surface area contributed by atoms with E-state index in [-0.39, 0.29) is 43.3 Å². The molecule has 0 aromatic heterocycles. The van der Waals surface area contributed by atoms with Crippen molar-refractivity contribution in [2.45, 2.75) is 34.8 Å². The summed E-state index contributed by atoms with van der Waals surface area (Å²) in [5, 5.41) is 46.8. The molecule has 0 saturated heterocycles. The van der Waals surface area contributed by atoms with Crippen LogP contribution in [0.25, 0.3) is 10.8 Å². The topological polar surface area (TPSA) is 355 Å². The number of nitro benzene ring substituents is 1. The largest absolute Gasteiger partial charge is 0.505 e. The molecule has 0 atom stereocenters. The number of phenolic OH excluding ortho intramolecular Hbond substituents is 1. The maximum Gasteiger partial charge on any atom is 0.299 e. The molecule has 5 rings (SSSR count). The van der Waals surface area contributed by atoms with Gasteiger partial charge in [0, 0.05) is 17.5 Å². The smallest absolute Gasteiger partial charge is 0.299 e. The number of hydrogen-bond donors (Lipinski definition) is 2. The van der Waals surface area contributed by atoms with Gasteiger partial charge in [0.25, 0.3) is 49.0 Å².